The summed E-state index contributed by atoms with van der Waals surface area (Å²) in [6.07, 6.45) is 0. The van der Waals surface area contributed by atoms with Crippen molar-refractivity contribution in [3.8, 4) is 17.2 Å². The molecule has 2 heterocycles. The second-order valence-electron chi connectivity index (χ2n) is 7.35. The standard InChI is InChI=1S/C22H27N5O5/c1-29-19-5-4-14(10-21(19)31-3)18(27-6-8-32-9-7-27)13-23-22(28)15-11-16-17(25-26-24-16)12-20(15)30-2/h4-5,10-12,18H,6-9,13H2,1-3H3,(H,23,28)(H,24,25,26). The van der Waals surface area contributed by atoms with Crippen molar-refractivity contribution in [1.29, 1.82) is 0 Å². The third-order valence-electron chi connectivity index (χ3n) is 5.62. The number of carbonyl (C=O) groups is 1. The minimum absolute atomic E-state index is 0.0653. The van der Waals surface area contributed by atoms with Crippen LogP contribution in [0.5, 0.6) is 17.2 Å². The first kappa shape index (κ1) is 21.8. The number of nitrogens with one attached hydrogen (secondary N) is 2. The Balaban J connectivity index is 1.58. The third kappa shape index (κ3) is 4.46. The lowest BCUT2D eigenvalue weighted by molar-refractivity contribution is 0.0162. The van der Waals surface area contributed by atoms with E-state index in [1.807, 2.05) is 18.2 Å². The quantitative estimate of drug-likeness (QED) is 0.544. The molecule has 0 bridgehead atoms. The lowest BCUT2D eigenvalue weighted by Gasteiger charge is -2.35. The van der Waals surface area contributed by atoms with Crippen molar-refractivity contribution in [2.75, 3.05) is 54.2 Å². The molecule has 1 aromatic heterocycles. The Hall–Kier alpha value is -3.37. The van der Waals surface area contributed by atoms with Crippen molar-refractivity contribution < 1.29 is 23.7 Å². The SMILES string of the molecule is COc1ccc(C(CNC(=O)c2cc3n[nH]nc3cc2OC)N2CCOCC2)cc1OC. The Bertz CT molecular complexity index is 1080. The lowest BCUT2D eigenvalue weighted by Crippen LogP contribution is -2.43. The smallest absolute Gasteiger partial charge is 0.255 e. The fraction of sp³-hybridized carbons (Fsp3) is 0.409. The molecule has 1 unspecified atom stereocenters. The molecule has 0 radical (unpaired) electrons. The molecule has 1 aliphatic heterocycles. The van der Waals surface area contributed by atoms with Crippen LogP contribution in [-0.2, 0) is 4.74 Å². The van der Waals surface area contributed by atoms with E-state index in [1.54, 1.807) is 26.4 Å². The van der Waals surface area contributed by atoms with Crippen molar-refractivity contribution in [2.24, 2.45) is 0 Å². The second-order valence-corrected chi connectivity index (χ2v) is 7.35. The number of carbonyl (C=O) groups excluding carboxylic acids is 1. The summed E-state index contributed by atoms with van der Waals surface area (Å²) in [5, 5.41) is 13.7. The highest BCUT2D eigenvalue weighted by Crippen LogP contribution is 2.32. The molecule has 1 fully saturated rings. The summed E-state index contributed by atoms with van der Waals surface area (Å²) in [6.45, 7) is 3.23. The fourth-order valence-corrected chi connectivity index (χ4v) is 3.91. The molecule has 1 aliphatic rings. The Labute approximate surface area is 185 Å². The second kappa shape index (κ2) is 9.84. The number of aromatic nitrogens is 3. The van der Waals surface area contributed by atoms with Gasteiger partial charge >= 0.3 is 0 Å². The minimum atomic E-state index is -0.245. The Kier molecular flexibility index (Phi) is 6.72. The third-order valence-corrected chi connectivity index (χ3v) is 5.62. The first-order chi connectivity index (χ1) is 15.6. The summed E-state index contributed by atoms with van der Waals surface area (Å²) in [7, 11) is 4.74. The number of nitrogens with zero attached hydrogens (tertiary/aromatic N) is 3. The van der Waals surface area contributed by atoms with Crippen molar-refractivity contribution in [3.63, 3.8) is 0 Å². The minimum Gasteiger partial charge on any atom is -0.496 e. The van der Waals surface area contributed by atoms with Gasteiger partial charge in [-0.3, -0.25) is 9.69 Å². The molecule has 0 aliphatic carbocycles. The largest absolute Gasteiger partial charge is 0.496 e. The highest BCUT2D eigenvalue weighted by atomic mass is 16.5. The zero-order valence-electron chi connectivity index (χ0n) is 18.4. The van der Waals surface area contributed by atoms with Gasteiger partial charge in [-0.1, -0.05) is 6.07 Å². The van der Waals surface area contributed by atoms with Crippen LogP contribution >= 0.6 is 0 Å². The Morgan fingerprint density at radius 2 is 1.72 bits per heavy atom. The number of benzene rings is 2. The van der Waals surface area contributed by atoms with Crippen LogP contribution in [-0.4, -0.2) is 80.4 Å². The number of rotatable bonds is 8. The summed E-state index contributed by atoms with van der Waals surface area (Å²) < 4.78 is 21.8. The van der Waals surface area contributed by atoms with E-state index >= 15 is 0 Å². The van der Waals surface area contributed by atoms with Crippen LogP contribution in [0.3, 0.4) is 0 Å². The molecule has 10 heteroatoms. The highest BCUT2D eigenvalue weighted by Gasteiger charge is 2.25. The molecule has 1 amide bonds. The van der Waals surface area contributed by atoms with Gasteiger partial charge in [0, 0.05) is 25.7 Å². The molecular formula is C22H27N5O5. The van der Waals surface area contributed by atoms with E-state index in [4.69, 9.17) is 18.9 Å². The zero-order chi connectivity index (χ0) is 22.5. The molecule has 10 nitrogen and oxygen atoms in total. The van der Waals surface area contributed by atoms with Gasteiger partial charge in [0.05, 0.1) is 46.1 Å². The molecular weight excluding hydrogens is 414 g/mol. The number of H-pyrrole nitrogens is 1. The van der Waals surface area contributed by atoms with Gasteiger partial charge in [-0.15, -0.1) is 0 Å². The summed E-state index contributed by atoms with van der Waals surface area (Å²) in [6, 6.07) is 9.13. The Morgan fingerprint density at radius 1 is 1.03 bits per heavy atom. The molecule has 170 valence electrons. The molecule has 0 saturated carbocycles. The van der Waals surface area contributed by atoms with Gasteiger partial charge in [-0.2, -0.15) is 15.4 Å². The van der Waals surface area contributed by atoms with Crippen LogP contribution in [0.2, 0.25) is 0 Å². The van der Waals surface area contributed by atoms with E-state index in [0.29, 0.717) is 53.6 Å². The molecule has 1 atom stereocenters. The number of amides is 1. The van der Waals surface area contributed by atoms with Crippen LogP contribution in [0.4, 0.5) is 0 Å². The van der Waals surface area contributed by atoms with Gasteiger partial charge in [0.2, 0.25) is 0 Å². The molecule has 1 saturated heterocycles. The van der Waals surface area contributed by atoms with Crippen LogP contribution in [0.15, 0.2) is 30.3 Å². The van der Waals surface area contributed by atoms with Gasteiger partial charge in [-0.25, -0.2) is 0 Å². The van der Waals surface area contributed by atoms with E-state index in [1.165, 1.54) is 7.11 Å². The van der Waals surface area contributed by atoms with E-state index in [2.05, 4.69) is 25.6 Å². The number of hydrogen-bond acceptors (Lipinski definition) is 8. The topological polar surface area (TPSA) is 111 Å². The van der Waals surface area contributed by atoms with Gasteiger partial charge in [0.1, 0.15) is 16.8 Å². The molecule has 3 aromatic rings. The summed E-state index contributed by atoms with van der Waals surface area (Å²) >= 11 is 0. The van der Waals surface area contributed by atoms with Gasteiger partial charge in [0.15, 0.2) is 11.5 Å². The number of fused-ring (bicyclic) bond motifs is 1. The number of methoxy groups -OCH3 is 3. The van der Waals surface area contributed by atoms with Crippen molar-refractivity contribution in [2.45, 2.75) is 6.04 Å². The average Bonchev–Trinajstić information content (AvgIpc) is 3.31. The van der Waals surface area contributed by atoms with Crippen LogP contribution in [0.25, 0.3) is 11.0 Å². The van der Waals surface area contributed by atoms with Crippen molar-refractivity contribution in [3.05, 3.63) is 41.5 Å². The van der Waals surface area contributed by atoms with Gasteiger partial charge < -0.3 is 24.3 Å². The van der Waals surface area contributed by atoms with Gasteiger partial charge in [0.25, 0.3) is 5.91 Å². The lowest BCUT2D eigenvalue weighted by atomic mass is 10.0. The molecule has 2 aromatic carbocycles. The molecule has 2 N–H and O–H groups in total. The maximum Gasteiger partial charge on any atom is 0.255 e. The molecule has 32 heavy (non-hydrogen) atoms. The van der Waals surface area contributed by atoms with Crippen LogP contribution in [0.1, 0.15) is 22.0 Å². The molecule has 4 rings (SSSR count). The van der Waals surface area contributed by atoms with E-state index < -0.39 is 0 Å². The number of aromatic amines is 1. The van der Waals surface area contributed by atoms with Crippen LogP contribution < -0.4 is 19.5 Å². The first-order valence-electron chi connectivity index (χ1n) is 10.3. The maximum absolute atomic E-state index is 13.1. The number of hydrogen-bond donors (Lipinski definition) is 2. The van der Waals surface area contributed by atoms with Crippen LogP contribution in [0, 0.1) is 0 Å². The van der Waals surface area contributed by atoms with Crippen molar-refractivity contribution >= 4 is 16.9 Å². The number of ether oxygens (including phenoxy) is 4. The summed E-state index contributed by atoms with van der Waals surface area (Å²) in [5.41, 5.74) is 2.65. The van der Waals surface area contributed by atoms with E-state index in [-0.39, 0.29) is 11.9 Å². The van der Waals surface area contributed by atoms with E-state index in [9.17, 15) is 4.79 Å². The zero-order valence-corrected chi connectivity index (χ0v) is 18.4. The summed E-state index contributed by atoms with van der Waals surface area (Å²) in [5.74, 6) is 1.50. The summed E-state index contributed by atoms with van der Waals surface area (Å²) in [4.78, 5) is 15.4. The highest BCUT2D eigenvalue weighted by molar-refractivity contribution is 6.00. The monoisotopic (exact) mass is 441 g/mol. The normalized spacial score (nSPS) is 15.3. The molecule has 0 spiro atoms. The predicted octanol–water partition coefficient (Wildman–Crippen LogP) is 1.79. The Morgan fingerprint density at radius 3 is 2.41 bits per heavy atom. The fourth-order valence-electron chi connectivity index (χ4n) is 3.91. The van der Waals surface area contributed by atoms with Crippen molar-refractivity contribution in [1.82, 2.24) is 25.6 Å². The van der Waals surface area contributed by atoms with E-state index in [0.717, 1.165) is 18.7 Å². The van der Waals surface area contributed by atoms with Gasteiger partial charge in [-0.05, 0) is 23.8 Å². The average molecular weight is 441 g/mol. The first-order valence-corrected chi connectivity index (χ1v) is 10.3. The maximum atomic E-state index is 13.1. The predicted molar refractivity (Wildman–Crippen MR) is 117 cm³/mol. The number of morpholine rings is 1.